The minimum atomic E-state index is -0.0889. The van der Waals surface area contributed by atoms with Gasteiger partial charge >= 0.3 is 0 Å². The fraction of sp³-hybridized carbons (Fsp3) is 1.00. The van der Waals surface area contributed by atoms with Crippen LogP contribution in [-0.2, 0) is 0 Å². The number of aliphatic hydroxyl groups is 2. The van der Waals surface area contributed by atoms with E-state index in [1.165, 1.54) is 44.9 Å². The highest BCUT2D eigenvalue weighted by atomic mass is 16.3. The SMILES string of the molecule is CC(CCC[C@](C)(CO)CCO)CCC1[C@H](C)CCCC1(C)C. The second kappa shape index (κ2) is 9.42. The van der Waals surface area contributed by atoms with Crippen molar-refractivity contribution in [3.05, 3.63) is 0 Å². The summed E-state index contributed by atoms with van der Waals surface area (Å²) in [6.07, 6.45) is 11.1. The molecule has 1 aliphatic rings. The van der Waals surface area contributed by atoms with Gasteiger partial charge in [0.1, 0.15) is 0 Å². The molecular weight excluding hydrogens is 284 g/mol. The zero-order chi connectivity index (χ0) is 17.5. The largest absolute Gasteiger partial charge is 0.396 e. The van der Waals surface area contributed by atoms with Crippen molar-refractivity contribution in [2.75, 3.05) is 13.2 Å². The van der Waals surface area contributed by atoms with Crippen LogP contribution in [0.2, 0.25) is 0 Å². The molecule has 138 valence electrons. The Hall–Kier alpha value is -0.0800. The highest BCUT2D eigenvalue weighted by molar-refractivity contribution is 4.86. The van der Waals surface area contributed by atoms with Crippen LogP contribution in [-0.4, -0.2) is 23.4 Å². The molecule has 0 saturated heterocycles. The molecule has 0 aromatic heterocycles. The van der Waals surface area contributed by atoms with Gasteiger partial charge in [0.25, 0.3) is 0 Å². The first-order valence-corrected chi connectivity index (χ1v) is 9.96. The molecular formula is C21H42O2. The maximum Gasteiger partial charge on any atom is 0.0485 e. The molecule has 1 saturated carbocycles. The van der Waals surface area contributed by atoms with Gasteiger partial charge in [0.05, 0.1) is 0 Å². The Morgan fingerprint density at radius 1 is 1.17 bits per heavy atom. The van der Waals surface area contributed by atoms with E-state index in [4.69, 9.17) is 5.11 Å². The van der Waals surface area contributed by atoms with Crippen molar-refractivity contribution in [2.24, 2.45) is 28.6 Å². The molecule has 0 aromatic carbocycles. The van der Waals surface area contributed by atoms with Gasteiger partial charge < -0.3 is 10.2 Å². The van der Waals surface area contributed by atoms with E-state index in [0.29, 0.717) is 11.8 Å². The summed E-state index contributed by atoms with van der Waals surface area (Å²) in [6.45, 7) is 12.3. The zero-order valence-corrected chi connectivity index (χ0v) is 16.4. The molecule has 1 fully saturated rings. The van der Waals surface area contributed by atoms with Crippen molar-refractivity contribution >= 4 is 0 Å². The summed E-state index contributed by atoms with van der Waals surface area (Å²) >= 11 is 0. The van der Waals surface area contributed by atoms with Gasteiger partial charge in [0.15, 0.2) is 0 Å². The smallest absolute Gasteiger partial charge is 0.0485 e. The van der Waals surface area contributed by atoms with Crippen molar-refractivity contribution < 1.29 is 10.2 Å². The van der Waals surface area contributed by atoms with Crippen LogP contribution in [0, 0.1) is 28.6 Å². The molecule has 2 nitrogen and oxygen atoms in total. The van der Waals surface area contributed by atoms with E-state index >= 15 is 0 Å². The third-order valence-corrected chi connectivity index (χ3v) is 6.72. The van der Waals surface area contributed by atoms with Crippen LogP contribution in [0.25, 0.3) is 0 Å². The second-order valence-electron chi connectivity index (χ2n) is 9.48. The van der Waals surface area contributed by atoms with Crippen LogP contribution in [0.3, 0.4) is 0 Å². The number of aliphatic hydroxyl groups excluding tert-OH is 2. The maximum absolute atomic E-state index is 9.53. The minimum absolute atomic E-state index is 0.0889. The molecule has 2 heteroatoms. The first kappa shape index (κ1) is 21.0. The average Bonchev–Trinajstić information content (AvgIpc) is 2.46. The summed E-state index contributed by atoms with van der Waals surface area (Å²) in [5.74, 6) is 2.54. The predicted molar refractivity (Wildman–Crippen MR) is 99.4 cm³/mol. The van der Waals surface area contributed by atoms with Gasteiger partial charge in [-0.05, 0) is 54.3 Å². The summed E-state index contributed by atoms with van der Waals surface area (Å²) < 4.78 is 0. The Kier molecular flexibility index (Phi) is 8.58. The number of hydrogen-bond donors (Lipinski definition) is 2. The Morgan fingerprint density at radius 2 is 1.87 bits per heavy atom. The van der Waals surface area contributed by atoms with E-state index in [-0.39, 0.29) is 18.6 Å². The molecule has 2 N–H and O–H groups in total. The third-order valence-electron chi connectivity index (χ3n) is 6.72. The predicted octanol–water partition coefficient (Wildman–Crippen LogP) is 5.42. The molecule has 0 heterocycles. The van der Waals surface area contributed by atoms with E-state index in [2.05, 4.69) is 34.6 Å². The van der Waals surface area contributed by atoms with Crippen LogP contribution in [0.4, 0.5) is 0 Å². The van der Waals surface area contributed by atoms with E-state index < -0.39 is 0 Å². The molecule has 2 unspecified atom stereocenters. The van der Waals surface area contributed by atoms with Crippen molar-refractivity contribution in [3.63, 3.8) is 0 Å². The van der Waals surface area contributed by atoms with Crippen LogP contribution >= 0.6 is 0 Å². The highest BCUT2D eigenvalue weighted by Crippen LogP contribution is 2.46. The van der Waals surface area contributed by atoms with Crippen LogP contribution in [0.15, 0.2) is 0 Å². The lowest BCUT2D eigenvalue weighted by Gasteiger charge is -2.43. The van der Waals surface area contributed by atoms with Crippen LogP contribution in [0.1, 0.15) is 92.4 Å². The van der Waals surface area contributed by atoms with E-state index in [1.54, 1.807) is 0 Å². The van der Waals surface area contributed by atoms with E-state index in [1.807, 2.05) is 0 Å². The molecule has 0 spiro atoms. The monoisotopic (exact) mass is 326 g/mol. The van der Waals surface area contributed by atoms with Gasteiger partial charge in [0.2, 0.25) is 0 Å². The minimum Gasteiger partial charge on any atom is -0.396 e. The van der Waals surface area contributed by atoms with Crippen molar-refractivity contribution in [1.82, 2.24) is 0 Å². The van der Waals surface area contributed by atoms with Crippen molar-refractivity contribution in [2.45, 2.75) is 92.4 Å². The molecule has 0 amide bonds. The normalized spacial score (nSPS) is 28.3. The van der Waals surface area contributed by atoms with E-state index in [0.717, 1.165) is 24.2 Å². The highest BCUT2D eigenvalue weighted by Gasteiger charge is 2.36. The molecule has 0 aromatic rings. The molecule has 0 radical (unpaired) electrons. The second-order valence-corrected chi connectivity index (χ2v) is 9.48. The van der Waals surface area contributed by atoms with Gasteiger partial charge in [-0.15, -0.1) is 0 Å². The maximum atomic E-state index is 9.53. The summed E-state index contributed by atoms with van der Waals surface area (Å²) in [6, 6.07) is 0. The standard InChI is InChI=1S/C21H42O2/c1-17(8-6-13-21(5,16-23)14-15-22)10-11-19-18(2)9-7-12-20(19,3)4/h17-19,22-23H,6-16H2,1-5H3/t17?,18-,19?,21+/m1/s1. The van der Waals surface area contributed by atoms with Gasteiger partial charge in [-0.2, -0.15) is 0 Å². The topological polar surface area (TPSA) is 40.5 Å². The third kappa shape index (κ3) is 6.74. The summed E-state index contributed by atoms with van der Waals surface area (Å²) in [5.41, 5.74) is 0.433. The quantitative estimate of drug-likeness (QED) is 0.563. The number of rotatable bonds is 10. The molecule has 23 heavy (non-hydrogen) atoms. The summed E-state index contributed by atoms with van der Waals surface area (Å²) in [5, 5.41) is 18.7. The first-order valence-electron chi connectivity index (χ1n) is 9.96. The average molecular weight is 327 g/mol. The van der Waals surface area contributed by atoms with Crippen molar-refractivity contribution in [3.8, 4) is 0 Å². The fourth-order valence-electron chi connectivity index (χ4n) is 4.75. The van der Waals surface area contributed by atoms with Crippen molar-refractivity contribution in [1.29, 1.82) is 0 Å². The van der Waals surface area contributed by atoms with E-state index in [9.17, 15) is 5.11 Å². The lowest BCUT2D eigenvalue weighted by atomic mass is 9.62. The van der Waals surface area contributed by atoms with Crippen LogP contribution < -0.4 is 0 Å². The first-order chi connectivity index (χ1) is 10.7. The lowest BCUT2D eigenvalue weighted by molar-refractivity contribution is 0.0697. The Morgan fingerprint density at radius 3 is 2.43 bits per heavy atom. The van der Waals surface area contributed by atoms with Gasteiger partial charge in [-0.25, -0.2) is 0 Å². The summed E-state index contributed by atoms with van der Waals surface area (Å²) in [4.78, 5) is 0. The van der Waals surface area contributed by atoms with Crippen LogP contribution in [0.5, 0.6) is 0 Å². The number of hydrogen-bond acceptors (Lipinski definition) is 2. The van der Waals surface area contributed by atoms with Gasteiger partial charge in [-0.3, -0.25) is 0 Å². The molecule has 1 aliphatic carbocycles. The molecule has 0 bridgehead atoms. The Bertz CT molecular complexity index is 326. The molecule has 4 atom stereocenters. The lowest BCUT2D eigenvalue weighted by Crippen LogP contribution is -2.33. The fourth-order valence-corrected chi connectivity index (χ4v) is 4.75. The summed E-state index contributed by atoms with van der Waals surface area (Å²) in [7, 11) is 0. The Labute approximate surface area is 145 Å². The molecule has 0 aliphatic heterocycles. The Balaban J connectivity index is 2.32. The zero-order valence-electron chi connectivity index (χ0n) is 16.4. The van der Waals surface area contributed by atoms with Gasteiger partial charge in [-0.1, -0.05) is 66.7 Å². The van der Waals surface area contributed by atoms with Gasteiger partial charge in [0, 0.05) is 13.2 Å². The molecule has 1 rings (SSSR count).